The van der Waals surface area contributed by atoms with E-state index in [0.717, 1.165) is 25.7 Å². The largest absolute Gasteiger partial charge is 0.376 e. The van der Waals surface area contributed by atoms with Crippen LogP contribution in [0.15, 0.2) is 0 Å². The highest BCUT2D eigenvalue weighted by Gasteiger charge is 2.25. The van der Waals surface area contributed by atoms with Crippen molar-refractivity contribution in [1.29, 1.82) is 0 Å². The first-order valence-electron chi connectivity index (χ1n) is 7.06. The summed E-state index contributed by atoms with van der Waals surface area (Å²) in [5.74, 6) is 0. The Morgan fingerprint density at radius 1 is 1.30 bits per heavy atom. The summed E-state index contributed by atoms with van der Waals surface area (Å²) in [6.45, 7) is 2.48. The Morgan fingerprint density at radius 3 is 2.55 bits per heavy atom. The van der Waals surface area contributed by atoms with E-state index in [1.807, 2.05) is 0 Å². The molecule has 7 nitrogen and oxygen atoms in total. The Kier molecular flexibility index (Phi) is 5.22. The third-order valence-corrected chi connectivity index (χ3v) is 4.43. The third kappa shape index (κ3) is 4.92. The molecule has 2 rings (SSSR count). The highest BCUT2D eigenvalue weighted by Crippen LogP contribution is 2.13. The van der Waals surface area contributed by atoms with Crippen molar-refractivity contribution in [2.75, 3.05) is 32.5 Å². The van der Waals surface area contributed by atoms with E-state index in [1.165, 1.54) is 0 Å². The molecule has 0 aromatic rings. The third-order valence-electron chi connectivity index (χ3n) is 3.67. The summed E-state index contributed by atoms with van der Waals surface area (Å²) in [5, 5.41) is 2.88. The van der Waals surface area contributed by atoms with Crippen LogP contribution >= 0.6 is 0 Å². The molecule has 1 unspecified atom stereocenters. The molecule has 2 aliphatic heterocycles. The number of likely N-dealkylation sites (tertiary alicyclic amines) is 1. The first-order valence-corrected chi connectivity index (χ1v) is 8.95. The topological polar surface area (TPSA) is 87.7 Å². The molecule has 20 heavy (non-hydrogen) atoms. The van der Waals surface area contributed by atoms with Gasteiger partial charge in [-0.15, -0.1) is 0 Å². The number of rotatable bonds is 4. The van der Waals surface area contributed by atoms with Crippen molar-refractivity contribution in [3.8, 4) is 0 Å². The molecule has 0 saturated carbocycles. The Hall–Kier alpha value is -0.860. The number of amides is 2. The van der Waals surface area contributed by atoms with E-state index >= 15 is 0 Å². The lowest BCUT2D eigenvalue weighted by Gasteiger charge is -2.32. The molecular formula is C12H23N3O4S. The molecule has 2 amide bonds. The summed E-state index contributed by atoms with van der Waals surface area (Å²) in [6.07, 6.45) is 4.67. The van der Waals surface area contributed by atoms with E-state index in [-0.39, 0.29) is 18.2 Å². The van der Waals surface area contributed by atoms with Crippen LogP contribution in [-0.2, 0) is 14.8 Å². The Labute approximate surface area is 120 Å². The number of urea groups is 1. The van der Waals surface area contributed by atoms with E-state index in [9.17, 15) is 13.2 Å². The maximum atomic E-state index is 12.0. The summed E-state index contributed by atoms with van der Waals surface area (Å²) in [5.41, 5.74) is 0. The van der Waals surface area contributed by atoms with Crippen LogP contribution in [-0.4, -0.2) is 64.0 Å². The summed E-state index contributed by atoms with van der Waals surface area (Å²) >= 11 is 0. The molecule has 8 heteroatoms. The fourth-order valence-corrected chi connectivity index (χ4v) is 3.46. The fourth-order valence-electron chi connectivity index (χ4n) is 2.62. The first kappa shape index (κ1) is 15.5. The molecule has 2 aliphatic rings. The molecule has 2 heterocycles. The smallest absolute Gasteiger partial charge is 0.317 e. The van der Waals surface area contributed by atoms with Gasteiger partial charge in [-0.3, -0.25) is 0 Å². The number of sulfonamides is 1. The minimum atomic E-state index is -3.17. The molecule has 2 saturated heterocycles. The van der Waals surface area contributed by atoms with Crippen molar-refractivity contribution >= 4 is 16.1 Å². The van der Waals surface area contributed by atoms with Gasteiger partial charge in [-0.2, -0.15) is 0 Å². The summed E-state index contributed by atoms with van der Waals surface area (Å²) in [7, 11) is -3.17. The average Bonchev–Trinajstić information content (AvgIpc) is 2.88. The van der Waals surface area contributed by atoms with E-state index in [1.54, 1.807) is 4.90 Å². The summed E-state index contributed by atoms with van der Waals surface area (Å²) < 4.78 is 30.3. The van der Waals surface area contributed by atoms with Gasteiger partial charge in [-0.1, -0.05) is 0 Å². The van der Waals surface area contributed by atoms with Crippen LogP contribution in [0.2, 0.25) is 0 Å². The predicted molar refractivity (Wildman–Crippen MR) is 74.9 cm³/mol. The average molecular weight is 305 g/mol. The van der Waals surface area contributed by atoms with Gasteiger partial charge in [0.15, 0.2) is 0 Å². The van der Waals surface area contributed by atoms with Crippen molar-refractivity contribution in [2.24, 2.45) is 0 Å². The van der Waals surface area contributed by atoms with Crippen LogP contribution in [0.3, 0.4) is 0 Å². The molecular weight excluding hydrogens is 282 g/mol. The predicted octanol–water partition coefficient (Wildman–Crippen LogP) is -0.111. The molecule has 0 aromatic heterocycles. The normalized spacial score (nSPS) is 24.9. The van der Waals surface area contributed by atoms with Gasteiger partial charge in [-0.25, -0.2) is 17.9 Å². The van der Waals surface area contributed by atoms with Crippen LogP contribution in [0.5, 0.6) is 0 Å². The molecule has 0 aromatic carbocycles. The number of ether oxygens (including phenoxy) is 1. The van der Waals surface area contributed by atoms with E-state index in [4.69, 9.17) is 4.74 Å². The Bertz CT molecular complexity index is 426. The van der Waals surface area contributed by atoms with Gasteiger partial charge in [0.2, 0.25) is 10.0 Å². The van der Waals surface area contributed by atoms with Gasteiger partial charge >= 0.3 is 6.03 Å². The second-order valence-electron chi connectivity index (χ2n) is 5.47. The lowest BCUT2D eigenvalue weighted by Crippen LogP contribution is -2.50. The number of carbonyl (C=O) groups is 1. The summed E-state index contributed by atoms with van der Waals surface area (Å²) in [4.78, 5) is 13.7. The standard InChI is InChI=1S/C12H23N3O4S/c1-20(17,18)14-10-4-6-15(7-5-10)12(16)13-9-11-3-2-8-19-11/h10-11,14H,2-9H2,1H3,(H,13,16). The molecule has 1 atom stereocenters. The molecule has 116 valence electrons. The minimum absolute atomic E-state index is 0.0628. The number of nitrogens with zero attached hydrogens (tertiary/aromatic N) is 1. The van der Waals surface area contributed by atoms with Gasteiger partial charge in [0.25, 0.3) is 0 Å². The van der Waals surface area contributed by atoms with Crippen LogP contribution < -0.4 is 10.0 Å². The van der Waals surface area contributed by atoms with Crippen LogP contribution in [0.1, 0.15) is 25.7 Å². The molecule has 2 fully saturated rings. The zero-order chi connectivity index (χ0) is 14.6. The zero-order valence-electron chi connectivity index (χ0n) is 11.8. The Morgan fingerprint density at radius 2 is 2.00 bits per heavy atom. The second-order valence-corrected chi connectivity index (χ2v) is 7.25. The highest BCUT2D eigenvalue weighted by molar-refractivity contribution is 7.88. The van der Waals surface area contributed by atoms with E-state index in [0.29, 0.717) is 32.5 Å². The number of piperidine rings is 1. The van der Waals surface area contributed by atoms with Gasteiger partial charge in [0.05, 0.1) is 12.4 Å². The quantitative estimate of drug-likeness (QED) is 0.758. The van der Waals surface area contributed by atoms with Gasteiger partial charge in [0.1, 0.15) is 0 Å². The monoisotopic (exact) mass is 305 g/mol. The maximum Gasteiger partial charge on any atom is 0.317 e. The van der Waals surface area contributed by atoms with Gasteiger partial charge in [-0.05, 0) is 25.7 Å². The van der Waals surface area contributed by atoms with Gasteiger partial charge in [0, 0.05) is 32.3 Å². The van der Waals surface area contributed by atoms with Crippen LogP contribution in [0.4, 0.5) is 4.79 Å². The lowest BCUT2D eigenvalue weighted by molar-refractivity contribution is 0.108. The summed E-state index contributed by atoms with van der Waals surface area (Å²) in [6, 6.07) is -0.148. The molecule has 0 aliphatic carbocycles. The van der Waals surface area contributed by atoms with E-state index in [2.05, 4.69) is 10.0 Å². The van der Waals surface area contributed by atoms with Crippen molar-refractivity contribution < 1.29 is 17.9 Å². The molecule has 0 radical (unpaired) electrons. The lowest BCUT2D eigenvalue weighted by atomic mass is 10.1. The van der Waals surface area contributed by atoms with Crippen LogP contribution in [0, 0.1) is 0 Å². The second kappa shape index (κ2) is 6.73. The van der Waals surface area contributed by atoms with Crippen molar-refractivity contribution in [1.82, 2.24) is 14.9 Å². The van der Waals surface area contributed by atoms with Crippen molar-refractivity contribution in [3.05, 3.63) is 0 Å². The molecule has 0 bridgehead atoms. The SMILES string of the molecule is CS(=O)(=O)NC1CCN(C(=O)NCC2CCCO2)CC1. The van der Waals surface area contributed by atoms with Crippen LogP contribution in [0.25, 0.3) is 0 Å². The number of carbonyl (C=O) groups excluding carboxylic acids is 1. The molecule has 0 spiro atoms. The number of nitrogens with one attached hydrogen (secondary N) is 2. The zero-order valence-corrected chi connectivity index (χ0v) is 12.6. The highest BCUT2D eigenvalue weighted by atomic mass is 32.2. The van der Waals surface area contributed by atoms with Crippen molar-refractivity contribution in [2.45, 2.75) is 37.8 Å². The maximum absolute atomic E-state index is 12.0. The van der Waals surface area contributed by atoms with E-state index < -0.39 is 10.0 Å². The Balaban J connectivity index is 1.68. The molecule has 2 N–H and O–H groups in total. The first-order chi connectivity index (χ1) is 9.44. The van der Waals surface area contributed by atoms with Gasteiger partial charge < -0.3 is 15.0 Å². The minimum Gasteiger partial charge on any atom is -0.376 e. The number of hydrogen-bond acceptors (Lipinski definition) is 4. The number of hydrogen-bond donors (Lipinski definition) is 2. The fraction of sp³-hybridized carbons (Fsp3) is 0.917. The van der Waals surface area contributed by atoms with Crippen molar-refractivity contribution in [3.63, 3.8) is 0 Å².